The number of nitrogens with zero attached hydrogens (tertiary/aromatic N) is 1. The van der Waals surface area contributed by atoms with Crippen LogP contribution in [-0.4, -0.2) is 38.6 Å². The van der Waals surface area contributed by atoms with Crippen LogP contribution in [0.4, 0.5) is 5.69 Å². The van der Waals surface area contributed by atoms with Crippen molar-refractivity contribution in [3.05, 3.63) is 59.7 Å². The van der Waals surface area contributed by atoms with Gasteiger partial charge in [0, 0.05) is 38.8 Å². The maximum atomic E-state index is 12.2. The van der Waals surface area contributed by atoms with Crippen molar-refractivity contribution in [1.29, 1.82) is 0 Å². The van der Waals surface area contributed by atoms with Gasteiger partial charge in [0.1, 0.15) is 0 Å². The molecule has 0 fully saturated rings. The Labute approximate surface area is 153 Å². The lowest BCUT2D eigenvalue weighted by molar-refractivity contribution is -0.114. The summed E-state index contributed by atoms with van der Waals surface area (Å²) in [7, 11) is -0.613. The summed E-state index contributed by atoms with van der Waals surface area (Å²) in [4.78, 5) is 23.3. The van der Waals surface area contributed by atoms with Crippen molar-refractivity contribution in [2.24, 2.45) is 0 Å². The molecule has 2 aromatic rings. The average Bonchev–Trinajstić information content (AvgIpc) is 2.60. The molecular weight excluding hydrogens is 354 g/mol. The van der Waals surface area contributed by atoms with E-state index in [1.807, 2.05) is 0 Å². The molecule has 0 aliphatic rings. The summed E-state index contributed by atoms with van der Waals surface area (Å²) in [6.45, 7) is 1.75. The topological polar surface area (TPSA) is 95.6 Å². The Kier molecular flexibility index (Phi) is 6.12. The lowest BCUT2D eigenvalue weighted by Crippen LogP contribution is -2.24. The van der Waals surface area contributed by atoms with Crippen LogP contribution in [0.1, 0.15) is 22.8 Å². The Morgan fingerprint density at radius 3 is 2.04 bits per heavy atom. The highest BCUT2D eigenvalue weighted by molar-refractivity contribution is 7.89. The molecule has 0 bridgehead atoms. The van der Waals surface area contributed by atoms with Crippen LogP contribution in [0.3, 0.4) is 0 Å². The highest BCUT2D eigenvalue weighted by atomic mass is 32.2. The van der Waals surface area contributed by atoms with Crippen molar-refractivity contribution in [3.63, 3.8) is 0 Å². The molecular formula is C18H21N3O4S. The summed E-state index contributed by atoms with van der Waals surface area (Å²) >= 11 is 0. The Hall–Kier alpha value is -2.71. The normalized spacial score (nSPS) is 11.2. The van der Waals surface area contributed by atoms with E-state index in [-0.39, 0.29) is 16.7 Å². The zero-order chi connectivity index (χ0) is 19.3. The predicted molar refractivity (Wildman–Crippen MR) is 99.2 cm³/mol. The Bertz CT molecular complexity index is 889. The summed E-state index contributed by atoms with van der Waals surface area (Å²) < 4.78 is 25.2. The van der Waals surface area contributed by atoms with E-state index in [0.717, 1.165) is 9.87 Å². The number of hydrogen-bond acceptors (Lipinski definition) is 4. The number of rotatable bonds is 6. The monoisotopic (exact) mass is 375 g/mol. The number of sulfonamides is 1. The third-order valence-electron chi connectivity index (χ3n) is 3.62. The summed E-state index contributed by atoms with van der Waals surface area (Å²) in [5, 5.41) is 5.44. The zero-order valence-corrected chi connectivity index (χ0v) is 15.6. The van der Waals surface area contributed by atoms with E-state index in [4.69, 9.17) is 0 Å². The number of amides is 2. The molecule has 0 spiro atoms. The van der Waals surface area contributed by atoms with E-state index >= 15 is 0 Å². The largest absolute Gasteiger partial charge is 0.348 e. The van der Waals surface area contributed by atoms with Gasteiger partial charge < -0.3 is 10.6 Å². The smallest absolute Gasteiger partial charge is 0.251 e. The number of nitrogens with one attached hydrogen (secondary N) is 2. The molecule has 2 amide bonds. The van der Waals surface area contributed by atoms with E-state index in [2.05, 4.69) is 10.6 Å². The fourth-order valence-corrected chi connectivity index (χ4v) is 3.08. The van der Waals surface area contributed by atoms with Gasteiger partial charge >= 0.3 is 0 Å². The van der Waals surface area contributed by atoms with Crippen molar-refractivity contribution in [2.45, 2.75) is 18.4 Å². The van der Waals surface area contributed by atoms with E-state index in [9.17, 15) is 18.0 Å². The predicted octanol–water partition coefficient (Wildman–Crippen LogP) is 1.83. The highest BCUT2D eigenvalue weighted by Gasteiger charge is 2.17. The Morgan fingerprint density at radius 2 is 1.54 bits per heavy atom. The van der Waals surface area contributed by atoms with Crippen LogP contribution < -0.4 is 10.6 Å². The van der Waals surface area contributed by atoms with Gasteiger partial charge in [-0.3, -0.25) is 9.59 Å². The van der Waals surface area contributed by atoms with Crippen LogP contribution in [0.5, 0.6) is 0 Å². The molecule has 2 N–H and O–H groups in total. The molecule has 138 valence electrons. The second-order valence-electron chi connectivity index (χ2n) is 5.87. The molecule has 2 aromatic carbocycles. The van der Waals surface area contributed by atoms with Crippen LogP contribution in [0.25, 0.3) is 0 Å². The van der Waals surface area contributed by atoms with Crippen molar-refractivity contribution in [3.8, 4) is 0 Å². The summed E-state index contributed by atoms with van der Waals surface area (Å²) in [5.41, 5.74) is 1.93. The molecule has 8 heteroatoms. The third kappa shape index (κ3) is 4.90. The number of anilines is 1. The average molecular weight is 375 g/mol. The fourth-order valence-electron chi connectivity index (χ4n) is 2.18. The fraction of sp³-hybridized carbons (Fsp3) is 0.222. The van der Waals surface area contributed by atoms with Gasteiger partial charge in [-0.15, -0.1) is 0 Å². The van der Waals surface area contributed by atoms with Crippen molar-refractivity contribution >= 4 is 27.5 Å². The molecule has 0 radical (unpaired) electrons. The number of carbonyl (C=O) groups excluding carboxylic acids is 2. The zero-order valence-electron chi connectivity index (χ0n) is 14.8. The number of benzene rings is 2. The molecule has 0 saturated carbocycles. The molecule has 0 aliphatic carbocycles. The minimum Gasteiger partial charge on any atom is -0.348 e. The van der Waals surface area contributed by atoms with Crippen LogP contribution in [0.15, 0.2) is 53.4 Å². The molecule has 0 unspecified atom stereocenters. The van der Waals surface area contributed by atoms with Gasteiger partial charge in [-0.05, 0) is 42.0 Å². The summed E-state index contributed by atoms with van der Waals surface area (Å²) in [6.07, 6.45) is 0. The first-order valence-corrected chi connectivity index (χ1v) is 9.31. The van der Waals surface area contributed by atoms with Gasteiger partial charge in [0.2, 0.25) is 15.9 Å². The lowest BCUT2D eigenvalue weighted by Gasteiger charge is -2.11. The van der Waals surface area contributed by atoms with Crippen LogP contribution in [-0.2, 0) is 21.4 Å². The van der Waals surface area contributed by atoms with E-state index in [1.54, 1.807) is 24.3 Å². The standard InChI is InChI=1S/C18H21N3O4S/c1-13(22)20-16-8-4-14(5-9-16)12-19-18(23)15-6-10-17(11-7-15)26(24,25)21(2)3/h4-11H,12H2,1-3H3,(H,19,23)(H,20,22). The van der Waals surface area contributed by atoms with Crippen molar-refractivity contribution in [2.75, 3.05) is 19.4 Å². The molecule has 0 atom stereocenters. The van der Waals surface area contributed by atoms with Gasteiger partial charge in [0.05, 0.1) is 4.90 Å². The minimum absolute atomic E-state index is 0.132. The van der Waals surface area contributed by atoms with E-state index in [1.165, 1.54) is 45.3 Å². The van der Waals surface area contributed by atoms with E-state index < -0.39 is 10.0 Å². The quantitative estimate of drug-likeness (QED) is 0.805. The summed E-state index contributed by atoms with van der Waals surface area (Å²) in [5.74, 6) is -0.449. The summed E-state index contributed by atoms with van der Waals surface area (Å²) in [6, 6.07) is 12.9. The molecule has 0 aliphatic heterocycles. The molecule has 0 heterocycles. The third-order valence-corrected chi connectivity index (χ3v) is 5.45. The first kappa shape index (κ1) is 19.6. The maximum absolute atomic E-state index is 12.2. The second kappa shape index (κ2) is 8.11. The molecule has 7 nitrogen and oxygen atoms in total. The van der Waals surface area contributed by atoms with E-state index in [0.29, 0.717) is 17.8 Å². The number of hydrogen-bond donors (Lipinski definition) is 2. The first-order valence-electron chi connectivity index (χ1n) is 7.87. The van der Waals surface area contributed by atoms with Crippen LogP contribution >= 0.6 is 0 Å². The van der Waals surface area contributed by atoms with Crippen LogP contribution in [0, 0.1) is 0 Å². The van der Waals surface area contributed by atoms with Gasteiger partial charge in [0.15, 0.2) is 0 Å². The molecule has 2 rings (SSSR count). The highest BCUT2D eigenvalue weighted by Crippen LogP contribution is 2.14. The Morgan fingerprint density at radius 1 is 0.962 bits per heavy atom. The molecule has 0 aromatic heterocycles. The molecule has 0 saturated heterocycles. The van der Waals surface area contributed by atoms with Gasteiger partial charge in [-0.1, -0.05) is 12.1 Å². The first-order chi connectivity index (χ1) is 12.2. The number of carbonyl (C=O) groups is 2. The minimum atomic E-state index is -3.52. The SMILES string of the molecule is CC(=O)Nc1ccc(CNC(=O)c2ccc(S(=O)(=O)N(C)C)cc2)cc1. The second-order valence-corrected chi connectivity index (χ2v) is 8.02. The van der Waals surface area contributed by atoms with Gasteiger partial charge in [-0.25, -0.2) is 12.7 Å². The molecule has 26 heavy (non-hydrogen) atoms. The van der Waals surface area contributed by atoms with Gasteiger partial charge in [0.25, 0.3) is 5.91 Å². The van der Waals surface area contributed by atoms with Gasteiger partial charge in [-0.2, -0.15) is 0 Å². The lowest BCUT2D eigenvalue weighted by atomic mass is 10.2. The van der Waals surface area contributed by atoms with Crippen LogP contribution in [0.2, 0.25) is 0 Å². The van der Waals surface area contributed by atoms with Crippen molar-refractivity contribution in [1.82, 2.24) is 9.62 Å². The Balaban J connectivity index is 1.99. The maximum Gasteiger partial charge on any atom is 0.251 e. The van der Waals surface area contributed by atoms with Crippen molar-refractivity contribution < 1.29 is 18.0 Å².